The third kappa shape index (κ3) is 5.18. The van der Waals surface area contributed by atoms with Gasteiger partial charge in [-0.05, 0) is 30.7 Å². The molecule has 0 spiro atoms. The summed E-state index contributed by atoms with van der Waals surface area (Å²) < 4.78 is 36.0. The Morgan fingerprint density at radius 1 is 1.19 bits per heavy atom. The molecular formula is C21H22F2N2O2. The lowest BCUT2D eigenvalue weighted by atomic mass is 10.1. The predicted molar refractivity (Wildman–Crippen MR) is 97.8 cm³/mol. The molecule has 1 heterocycles. The molecule has 1 atom stereocenters. The molecule has 0 aliphatic carbocycles. The SMILES string of the molecule is CC1(Oc2ccc(CC#N)cc2)CCN(Cc2ccccc2OC(F)F)C1. The van der Waals surface area contributed by atoms with Crippen LogP contribution in [0.25, 0.3) is 0 Å². The van der Waals surface area contributed by atoms with Crippen LogP contribution in [0.15, 0.2) is 48.5 Å². The van der Waals surface area contributed by atoms with Crippen LogP contribution in [-0.2, 0) is 13.0 Å². The summed E-state index contributed by atoms with van der Waals surface area (Å²) in [6, 6.07) is 16.6. The van der Waals surface area contributed by atoms with Crippen molar-refractivity contribution in [3.8, 4) is 17.6 Å². The molecule has 0 saturated carbocycles. The Labute approximate surface area is 157 Å². The Morgan fingerprint density at radius 2 is 1.93 bits per heavy atom. The summed E-state index contributed by atoms with van der Waals surface area (Å²) >= 11 is 0. The number of hydrogen-bond donors (Lipinski definition) is 0. The topological polar surface area (TPSA) is 45.5 Å². The normalized spacial score (nSPS) is 19.8. The maximum atomic E-state index is 12.6. The summed E-state index contributed by atoms with van der Waals surface area (Å²) in [6.45, 7) is 1.25. The summed E-state index contributed by atoms with van der Waals surface area (Å²) in [5.41, 5.74) is 1.34. The summed E-state index contributed by atoms with van der Waals surface area (Å²) in [7, 11) is 0. The Kier molecular flexibility index (Phi) is 5.92. The van der Waals surface area contributed by atoms with Crippen LogP contribution in [0.5, 0.6) is 11.5 Å². The second-order valence-electron chi connectivity index (χ2n) is 6.98. The number of hydrogen-bond acceptors (Lipinski definition) is 4. The number of rotatable bonds is 7. The van der Waals surface area contributed by atoms with Crippen LogP contribution in [0.4, 0.5) is 8.78 Å². The first kappa shape index (κ1) is 19.1. The van der Waals surface area contributed by atoms with Crippen LogP contribution in [0.1, 0.15) is 24.5 Å². The third-order valence-corrected chi connectivity index (χ3v) is 4.67. The minimum Gasteiger partial charge on any atom is -0.486 e. The molecule has 3 rings (SSSR count). The number of nitrogens with zero attached hydrogens (tertiary/aromatic N) is 2. The van der Waals surface area contributed by atoms with E-state index in [2.05, 4.69) is 22.6 Å². The molecule has 0 bridgehead atoms. The van der Waals surface area contributed by atoms with Crippen LogP contribution in [-0.4, -0.2) is 30.2 Å². The maximum Gasteiger partial charge on any atom is 0.387 e. The van der Waals surface area contributed by atoms with E-state index in [9.17, 15) is 8.78 Å². The molecule has 27 heavy (non-hydrogen) atoms. The molecular weight excluding hydrogens is 350 g/mol. The van der Waals surface area contributed by atoms with Gasteiger partial charge >= 0.3 is 6.61 Å². The first-order valence-corrected chi connectivity index (χ1v) is 8.87. The molecule has 4 nitrogen and oxygen atoms in total. The molecule has 2 aromatic carbocycles. The number of halogens is 2. The Bertz CT molecular complexity index is 805. The zero-order valence-corrected chi connectivity index (χ0v) is 15.2. The van der Waals surface area contributed by atoms with E-state index < -0.39 is 6.61 Å². The number of likely N-dealkylation sites (tertiary alicyclic amines) is 1. The molecule has 1 fully saturated rings. The fraction of sp³-hybridized carbons (Fsp3) is 0.381. The fourth-order valence-electron chi connectivity index (χ4n) is 3.38. The van der Waals surface area contributed by atoms with Crippen molar-refractivity contribution in [2.45, 2.75) is 38.5 Å². The maximum absolute atomic E-state index is 12.6. The van der Waals surface area contributed by atoms with Crippen LogP contribution < -0.4 is 9.47 Å². The highest BCUT2D eigenvalue weighted by atomic mass is 19.3. The van der Waals surface area contributed by atoms with E-state index >= 15 is 0 Å². The lowest BCUT2D eigenvalue weighted by molar-refractivity contribution is -0.0507. The zero-order chi connectivity index (χ0) is 19.3. The van der Waals surface area contributed by atoms with Gasteiger partial charge in [0, 0.05) is 31.6 Å². The van der Waals surface area contributed by atoms with E-state index in [0.717, 1.165) is 29.8 Å². The number of para-hydroxylation sites is 1. The molecule has 0 amide bonds. The van der Waals surface area contributed by atoms with Crippen molar-refractivity contribution in [1.29, 1.82) is 5.26 Å². The van der Waals surface area contributed by atoms with Crippen LogP contribution >= 0.6 is 0 Å². The highest BCUT2D eigenvalue weighted by Crippen LogP contribution is 2.30. The summed E-state index contributed by atoms with van der Waals surface area (Å²) in [4.78, 5) is 2.18. The van der Waals surface area contributed by atoms with Crippen molar-refractivity contribution >= 4 is 0 Å². The standard InChI is InChI=1S/C21H22F2N2O2/c1-21(27-18-8-6-16(7-9-18)10-12-24)11-13-25(15-21)14-17-4-2-3-5-19(17)26-20(22)23/h2-9,20H,10-11,13-15H2,1H3. The zero-order valence-electron chi connectivity index (χ0n) is 15.2. The van der Waals surface area contributed by atoms with Gasteiger partial charge < -0.3 is 9.47 Å². The van der Waals surface area contributed by atoms with Crippen molar-refractivity contribution in [2.75, 3.05) is 13.1 Å². The van der Waals surface area contributed by atoms with E-state index in [1.807, 2.05) is 36.4 Å². The van der Waals surface area contributed by atoms with Crippen molar-refractivity contribution in [3.05, 3.63) is 59.7 Å². The van der Waals surface area contributed by atoms with Crippen molar-refractivity contribution in [2.24, 2.45) is 0 Å². The van der Waals surface area contributed by atoms with Gasteiger partial charge in [-0.25, -0.2) is 0 Å². The second-order valence-corrected chi connectivity index (χ2v) is 6.98. The van der Waals surface area contributed by atoms with E-state index in [4.69, 9.17) is 10.00 Å². The van der Waals surface area contributed by atoms with Gasteiger partial charge in [0.1, 0.15) is 17.1 Å². The Hall–Kier alpha value is -2.65. The van der Waals surface area contributed by atoms with Gasteiger partial charge in [0.2, 0.25) is 0 Å². The number of alkyl halides is 2. The number of ether oxygens (including phenoxy) is 2. The Morgan fingerprint density at radius 3 is 2.63 bits per heavy atom. The van der Waals surface area contributed by atoms with Crippen LogP contribution in [0, 0.1) is 11.3 Å². The first-order valence-electron chi connectivity index (χ1n) is 8.87. The van der Waals surface area contributed by atoms with Gasteiger partial charge in [-0.2, -0.15) is 14.0 Å². The number of benzene rings is 2. The molecule has 6 heteroatoms. The largest absolute Gasteiger partial charge is 0.486 e. The summed E-state index contributed by atoms with van der Waals surface area (Å²) in [6.07, 6.45) is 1.22. The van der Waals surface area contributed by atoms with E-state index in [1.165, 1.54) is 0 Å². The molecule has 1 saturated heterocycles. The van der Waals surface area contributed by atoms with Gasteiger partial charge in [0.25, 0.3) is 0 Å². The average Bonchev–Trinajstić information content (AvgIpc) is 2.99. The minimum absolute atomic E-state index is 0.218. The fourth-order valence-corrected chi connectivity index (χ4v) is 3.38. The first-order chi connectivity index (χ1) is 13.0. The summed E-state index contributed by atoms with van der Waals surface area (Å²) in [5.74, 6) is 0.984. The van der Waals surface area contributed by atoms with Gasteiger partial charge in [-0.1, -0.05) is 30.3 Å². The molecule has 0 radical (unpaired) electrons. The lowest BCUT2D eigenvalue weighted by Crippen LogP contribution is -2.36. The lowest BCUT2D eigenvalue weighted by Gasteiger charge is -2.27. The van der Waals surface area contributed by atoms with Crippen molar-refractivity contribution in [3.63, 3.8) is 0 Å². The predicted octanol–water partition coefficient (Wildman–Crippen LogP) is 4.40. The van der Waals surface area contributed by atoms with Gasteiger partial charge in [0.15, 0.2) is 0 Å². The second kappa shape index (κ2) is 8.36. The highest BCUT2D eigenvalue weighted by Gasteiger charge is 2.36. The third-order valence-electron chi connectivity index (χ3n) is 4.67. The van der Waals surface area contributed by atoms with Crippen LogP contribution in [0.2, 0.25) is 0 Å². The molecule has 2 aromatic rings. The minimum atomic E-state index is -2.83. The van der Waals surface area contributed by atoms with Gasteiger partial charge in [0.05, 0.1) is 12.5 Å². The highest BCUT2D eigenvalue weighted by molar-refractivity contribution is 5.33. The van der Waals surface area contributed by atoms with Crippen molar-refractivity contribution in [1.82, 2.24) is 4.90 Å². The smallest absolute Gasteiger partial charge is 0.387 e. The van der Waals surface area contributed by atoms with Crippen LogP contribution in [0.3, 0.4) is 0 Å². The molecule has 1 aliphatic rings. The molecule has 0 aromatic heterocycles. The molecule has 0 N–H and O–H groups in total. The van der Waals surface area contributed by atoms with E-state index in [-0.39, 0.29) is 11.4 Å². The van der Waals surface area contributed by atoms with E-state index in [0.29, 0.717) is 19.5 Å². The molecule has 142 valence electrons. The average molecular weight is 372 g/mol. The summed E-state index contributed by atoms with van der Waals surface area (Å²) in [5, 5.41) is 8.74. The number of nitriles is 1. The molecule has 1 unspecified atom stereocenters. The van der Waals surface area contributed by atoms with Gasteiger partial charge in [-0.15, -0.1) is 0 Å². The van der Waals surface area contributed by atoms with Crippen molar-refractivity contribution < 1.29 is 18.3 Å². The molecule has 1 aliphatic heterocycles. The Balaban J connectivity index is 1.62. The monoisotopic (exact) mass is 372 g/mol. The quantitative estimate of drug-likeness (QED) is 0.723. The van der Waals surface area contributed by atoms with Gasteiger partial charge in [-0.3, -0.25) is 4.90 Å². The van der Waals surface area contributed by atoms with E-state index in [1.54, 1.807) is 12.1 Å².